The Morgan fingerprint density at radius 1 is 0.917 bits per heavy atom. The number of hydrogen-bond acceptors (Lipinski definition) is 6. The standard InChI is InChI=1S/C30H48O6/c1-28-13-10-20(35-26-7-5-6-16-34-26)17-19(28)8-9-24-23(28)11-14-29(2)22-12-15-30(24,29)36-27(33-4)21(22)18-25(31)32-3/h19-24,26-27H,5-18H2,1-4H3/t19-,20+,21+,22-,23+,24-,26-,27-,28+,29-,30-/m1/s1. The second-order valence-electron chi connectivity index (χ2n) is 13.5. The van der Waals surface area contributed by atoms with Gasteiger partial charge in [0.05, 0.1) is 25.2 Å². The van der Waals surface area contributed by atoms with Gasteiger partial charge in [0.2, 0.25) is 0 Å². The molecule has 4 aliphatic carbocycles. The van der Waals surface area contributed by atoms with E-state index >= 15 is 0 Å². The Balaban J connectivity index is 1.21. The summed E-state index contributed by atoms with van der Waals surface area (Å²) < 4.78 is 30.6. The van der Waals surface area contributed by atoms with Gasteiger partial charge in [-0.15, -0.1) is 0 Å². The second kappa shape index (κ2) is 9.50. The van der Waals surface area contributed by atoms with Gasteiger partial charge >= 0.3 is 5.97 Å². The average Bonchev–Trinajstić information content (AvgIpc) is 3.08. The molecular formula is C30H48O6. The first-order valence-electron chi connectivity index (χ1n) is 14.9. The largest absolute Gasteiger partial charge is 0.469 e. The van der Waals surface area contributed by atoms with Crippen LogP contribution < -0.4 is 0 Å². The molecule has 2 bridgehead atoms. The van der Waals surface area contributed by atoms with E-state index in [2.05, 4.69) is 13.8 Å². The van der Waals surface area contributed by atoms with Crippen LogP contribution >= 0.6 is 0 Å². The van der Waals surface area contributed by atoms with Gasteiger partial charge in [0, 0.05) is 25.0 Å². The van der Waals surface area contributed by atoms with Crippen LogP contribution in [0.3, 0.4) is 0 Å². The quantitative estimate of drug-likeness (QED) is 0.345. The van der Waals surface area contributed by atoms with Crippen LogP contribution in [0.2, 0.25) is 0 Å². The molecule has 2 saturated heterocycles. The highest BCUT2D eigenvalue weighted by molar-refractivity contribution is 5.69. The van der Waals surface area contributed by atoms with E-state index < -0.39 is 0 Å². The van der Waals surface area contributed by atoms with Crippen molar-refractivity contribution in [3.63, 3.8) is 0 Å². The van der Waals surface area contributed by atoms with Crippen molar-refractivity contribution in [3.05, 3.63) is 0 Å². The molecule has 6 fully saturated rings. The van der Waals surface area contributed by atoms with E-state index in [9.17, 15) is 4.79 Å². The Hall–Kier alpha value is -0.690. The van der Waals surface area contributed by atoms with Gasteiger partial charge in [-0.05, 0) is 106 Å². The van der Waals surface area contributed by atoms with Gasteiger partial charge < -0.3 is 23.7 Å². The Kier molecular flexibility index (Phi) is 6.75. The fourth-order valence-corrected chi connectivity index (χ4v) is 10.5. The van der Waals surface area contributed by atoms with E-state index in [0.29, 0.717) is 35.7 Å². The molecule has 0 aromatic rings. The monoisotopic (exact) mass is 504 g/mol. The molecule has 0 N–H and O–H groups in total. The second-order valence-corrected chi connectivity index (χ2v) is 13.5. The van der Waals surface area contributed by atoms with E-state index in [1.165, 1.54) is 58.5 Å². The molecule has 36 heavy (non-hydrogen) atoms. The van der Waals surface area contributed by atoms with Crippen LogP contribution in [-0.2, 0) is 28.5 Å². The molecule has 204 valence electrons. The summed E-state index contributed by atoms with van der Waals surface area (Å²) >= 11 is 0. The number of methoxy groups -OCH3 is 2. The predicted molar refractivity (Wildman–Crippen MR) is 135 cm³/mol. The maximum Gasteiger partial charge on any atom is 0.305 e. The summed E-state index contributed by atoms with van der Waals surface area (Å²) in [6, 6.07) is 0. The molecule has 0 spiro atoms. The van der Waals surface area contributed by atoms with E-state index in [1.807, 2.05) is 0 Å². The minimum atomic E-state index is -0.311. The van der Waals surface area contributed by atoms with Crippen LogP contribution in [0.25, 0.3) is 0 Å². The van der Waals surface area contributed by atoms with Gasteiger partial charge in [0.15, 0.2) is 12.6 Å². The summed E-state index contributed by atoms with van der Waals surface area (Å²) in [7, 11) is 3.24. The number of carbonyl (C=O) groups excluding carboxylic acids is 1. The molecule has 0 unspecified atom stereocenters. The van der Waals surface area contributed by atoms with Crippen LogP contribution in [-0.4, -0.2) is 51.1 Å². The van der Waals surface area contributed by atoms with Crippen molar-refractivity contribution in [2.75, 3.05) is 20.8 Å². The van der Waals surface area contributed by atoms with Gasteiger partial charge in [-0.2, -0.15) is 0 Å². The van der Waals surface area contributed by atoms with Gasteiger partial charge in [-0.25, -0.2) is 0 Å². The summed E-state index contributed by atoms with van der Waals surface area (Å²) in [5.74, 6) is 2.41. The Bertz CT molecular complexity index is 826. The first-order chi connectivity index (χ1) is 17.3. The minimum Gasteiger partial charge on any atom is -0.469 e. The molecule has 2 aliphatic heterocycles. The molecule has 11 atom stereocenters. The van der Waals surface area contributed by atoms with Crippen LogP contribution in [0, 0.1) is 40.4 Å². The normalized spacial score (nSPS) is 52.1. The molecule has 6 heteroatoms. The number of fused-ring (bicyclic) bond motifs is 3. The van der Waals surface area contributed by atoms with Gasteiger partial charge in [0.25, 0.3) is 0 Å². The van der Waals surface area contributed by atoms with Crippen LogP contribution in [0.15, 0.2) is 0 Å². The SMILES string of the molecule is COC(=O)C[C@@H]1[C@H](OC)O[C@@]23CC[C@H]1[C@@]2(C)CC[C@H]1[C@H]3CC[C@@H]2C[C@@H](O[C@@H]3CCCCO3)CC[C@@]21C. The third-order valence-electron chi connectivity index (χ3n) is 12.4. The van der Waals surface area contributed by atoms with Crippen molar-refractivity contribution in [2.24, 2.45) is 40.4 Å². The first kappa shape index (κ1) is 25.6. The molecule has 0 radical (unpaired) electrons. The van der Waals surface area contributed by atoms with E-state index in [1.54, 1.807) is 7.11 Å². The van der Waals surface area contributed by atoms with Crippen LogP contribution in [0.4, 0.5) is 0 Å². The Morgan fingerprint density at radius 3 is 2.50 bits per heavy atom. The third-order valence-corrected chi connectivity index (χ3v) is 12.4. The van der Waals surface area contributed by atoms with E-state index in [-0.39, 0.29) is 35.5 Å². The number of hydrogen-bond donors (Lipinski definition) is 0. The van der Waals surface area contributed by atoms with Crippen LogP contribution in [0.1, 0.15) is 97.3 Å². The highest BCUT2D eigenvalue weighted by Crippen LogP contribution is 2.73. The third kappa shape index (κ3) is 3.75. The predicted octanol–water partition coefficient (Wildman–Crippen LogP) is 5.86. The lowest BCUT2D eigenvalue weighted by molar-refractivity contribution is -0.338. The minimum absolute atomic E-state index is 0.0219. The van der Waals surface area contributed by atoms with Gasteiger partial charge in [0.1, 0.15) is 0 Å². The zero-order chi connectivity index (χ0) is 25.1. The molecule has 2 heterocycles. The van der Waals surface area contributed by atoms with E-state index in [0.717, 1.165) is 38.2 Å². The Labute approximate surface area is 217 Å². The molecule has 0 amide bonds. The molecule has 6 aliphatic rings. The van der Waals surface area contributed by atoms with Gasteiger partial charge in [-0.1, -0.05) is 13.8 Å². The van der Waals surface area contributed by atoms with Gasteiger partial charge in [-0.3, -0.25) is 4.79 Å². The van der Waals surface area contributed by atoms with Crippen molar-refractivity contribution < 1.29 is 28.5 Å². The smallest absolute Gasteiger partial charge is 0.305 e. The van der Waals surface area contributed by atoms with Crippen molar-refractivity contribution in [2.45, 2.75) is 122 Å². The fraction of sp³-hybridized carbons (Fsp3) is 0.967. The fourth-order valence-electron chi connectivity index (χ4n) is 10.5. The molecule has 0 aromatic heterocycles. The average molecular weight is 505 g/mol. The highest BCUT2D eigenvalue weighted by atomic mass is 16.7. The zero-order valence-electron chi connectivity index (χ0n) is 23.0. The van der Waals surface area contributed by atoms with Crippen molar-refractivity contribution in [3.8, 4) is 0 Å². The van der Waals surface area contributed by atoms with Crippen molar-refractivity contribution >= 4 is 5.97 Å². The topological polar surface area (TPSA) is 63.2 Å². The maximum absolute atomic E-state index is 12.3. The number of rotatable bonds is 5. The summed E-state index contributed by atoms with van der Waals surface area (Å²) in [4.78, 5) is 12.3. The zero-order valence-corrected chi connectivity index (χ0v) is 23.0. The van der Waals surface area contributed by atoms with E-state index in [4.69, 9.17) is 23.7 Å². The first-order valence-corrected chi connectivity index (χ1v) is 14.9. The molecular weight excluding hydrogens is 456 g/mol. The molecule has 6 nitrogen and oxygen atoms in total. The highest BCUT2D eigenvalue weighted by Gasteiger charge is 2.72. The molecule has 6 rings (SSSR count). The van der Waals surface area contributed by atoms with Crippen molar-refractivity contribution in [1.82, 2.24) is 0 Å². The summed E-state index contributed by atoms with van der Waals surface area (Å²) in [5.41, 5.74) is 0.355. The lowest BCUT2D eigenvalue weighted by Crippen LogP contribution is -2.67. The number of esters is 1. The van der Waals surface area contributed by atoms with Crippen molar-refractivity contribution in [1.29, 1.82) is 0 Å². The molecule has 4 saturated carbocycles. The number of carbonyl (C=O) groups is 1. The summed E-state index contributed by atoms with van der Waals surface area (Å²) in [6.45, 7) is 5.94. The summed E-state index contributed by atoms with van der Waals surface area (Å²) in [6.07, 6.45) is 14.8. The van der Waals surface area contributed by atoms with Crippen LogP contribution in [0.5, 0.6) is 0 Å². The lowest BCUT2D eigenvalue weighted by atomic mass is 9.42. The molecule has 0 aromatic carbocycles. The maximum atomic E-state index is 12.3. The summed E-state index contributed by atoms with van der Waals surface area (Å²) in [5, 5.41) is 0. The Morgan fingerprint density at radius 2 is 1.75 bits per heavy atom. The lowest BCUT2D eigenvalue weighted by Gasteiger charge is -2.67. The number of ether oxygens (including phenoxy) is 5.